The van der Waals surface area contributed by atoms with Crippen LogP contribution in [0.15, 0.2) is 54.6 Å². The zero-order valence-electron chi connectivity index (χ0n) is 20.9. The van der Waals surface area contributed by atoms with Crippen LogP contribution in [0.1, 0.15) is 45.6 Å². The van der Waals surface area contributed by atoms with Crippen molar-refractivity contribution in [2.75, 3.05) is 23.7 Å². The van der Waals surface area contributed by atoms with Gasteiger partial charge in [0.05, 0.1) is 11.9 Å². The normalized spacial score (nSPS) is 13.1. The molecule has 0 unspecified atom stereocenters. The predicted octanol–water partition coefficient (Wildman–Crippen LogP) is 3.75. The van der Waals surface area contributed by atoms with Crippen LogP contribution in [-0.4, -0.2) is 56.6 Å². The lowest BCUT2D eigenvalue weighted by molar-refractivity contribution is -0.140. The number of sulfonamides is 1. The van der Waals surface area contributed by atoms with Gasteiger partial charge in [-0.2, -0.15) is 0 Å². The largest absolute Gasteiger partial charge is 0.352 e. The number of rotatable bonds is 13. The van der Waals surface area contributed by atoms with E-state index < -0.39 is 21.9 Å². The maximum atomic E-state index is 13.3. The molecule has 0 spiro atoms. The van der Waals surface area contributed by atoms with Gasteiger partial charge in [0.15, 0.2) is 0 Å². The second-order valence-corrected chi connectivity index (χ2v) is 10.6. The highest BCUT2D eigenvalue weighted by molar-refractivity contribution is 7.92. The number of halogens is 1. The lowest BCUT2D eigenvalue weighted by atomic mass is 10.1. The van der Waals surface area contributed by atoms with Gasteiger partial charge in [-0.05, 0) is 62.9 Å². The summed E-state index contributed by atoms with van der Waals surface area (Å²) in [4.78, 5) is 27.5. The van der Waals surface area contributed by atoms with Crippen LogP contribution in [0.25, 0.3) is 0 Å². The molecule has 0 saturated carbocycles. The molecule has 1 N–H and O–H groups in total. The van der Waals surface area contributed by atoms with Crippen LogP contribution in [0, 0.1) is 5.82 Å². The Labute approximate surface area is 208 Å². The quantitative estimate of drug-likeness (QED) is 0.449. The lowest BCUT2D eigenvalue weighted by Crippen LogP contribution is -2.50. The topological polar surface area (TPSA) is 86.8 Å². The fraction of sp³-hybridized carbons (Fsp3) is 0.462. The number of hydrogen-bond acceptors (Lipinski definition) is 4. The van der Waals surface area contributed by atoms with Crippen LogP contribution in [0.4, 0.5) is 10.1 Å². The monoisotopic (exact) mass is 505 g/mol. The summed E-state index contributed by atoms with van der Waals surface area (Å²) in [5.74, 6) is -0.902. The fourth-order valence-corrected chi connectivity index (χ4v) is 4.61. The average molecular weight is 506 g/mol. The van der Waals surface area contributed by atoms with Crippen molar-refractivity contribution < 1.29 is 22.4 Å². The summed E-state index contributed by atoms with van der Waals surface area (Å²) in [5, 5.41) is 2.93. The standard InChI is InChI=1S/C26H36FN3O4S/c1-5-20(2)28-26(32)21(3)29(19-17-22-10-7-6-8-11-22)25(31)12-9-18-30(35(4,33)34)24-15-13-23(27)14-16-24/h6-8,10-11,13-16,20-21H,5,9,12,17-19H2,1-4H3,(H,28,32)/t20-,21+/m1/s1. The highest BCUT2D eigenvalue weighted by atomic mass is 32.2. The zero-order chi connectivity index (χ0) is 26.0. The van der Waals surface area contributed by atoms with Crippen molar-refractivity contribution >= 4 is 27.5 Å². The number of nitrogens with one attached hydrogen (secondary N) is 1. The van der Waals surface area contributed by atoms with E-state index in [2.05, 4.69) is 5.32 Å². The Kier molecular flexibility index (Phi) is 10.7. The summed E-state index contributed by atoms with van der Waals surface area (Å²) >= 11 is 0. The molecule has 192 valence electrons. The van der Waals surface area contributed by atoms with Gasteiger partial charge in [0.25, 0.3) is 0 Å². The molecule has 35 heavy (non-hydrogen) atoms. The summed E-state index contributed by atoms with van der Waals surface area (Å²) in [6, 6.07) is 14.2. The van der Waals surface area contributed by atoms with Gasteiger partial charge in [0.1, 0.15) is 11.9 Å². The molecule has 0 radical (unpaired) electrons. The molecule has 0 aromatic heterocycles. The van der Waals surface area contributed by atoms with Crippen LogP contribution >= 0.6 is 0 Å². The predicted molar refractivity (Wildman–Crippen MR) is 137 cm³/mol. The van der Waals surface area contributed by atoms with Crippen LogP contribution < -0.4 is 9.62 Å². The molecule has 9 heteroatoms. The molecule has 0 bridgehead atoms. The summed E-state index contributed by atoms with van der Waals surface area (Å²) in [6.07, 6.45) is 2.78. The van der Waals surface area contributed by atoms with Gasteiger partial charge in [-0.1, -0.05) is 37.3 Å². The highest BCUT2D eigenvalue weighted by Crippen LogP contribution is 2.19. The molecular weight excluding hydrogens is 469 g/mol. The van der Waals surface area contributed by atoms with E-state index in [1.54, 1.807) is 11.8 Å². The van der Waals surface area contributed by atoms with Crippen molar-refractivity contribution in [2.45, 2.75) is 58.5 Å². The molecule has 7 nitrogen and oxygen atoms in total. The minimum absolute atomic E-state index is 0.00458. The van der Waals surface area contributed by atoms with E-state index in [9.17, 15) is 22.4 Å². The van der Waals surface area contributed by atoms with Gasteiger partial charge in [-0.3, -0.25) is 13.9 Å². The Hall–Kier alpha value is -2.94. The van der Waals surface area contributed by atoms with Crippen molar-refractivity contribution in [3.63, 3.8) is 0 Å². The smallest absolute Gasteiger partial charge is 0.242 e. The minimum Gasteiger partial charge on any atom is -0.352 e. The molecule has 2 rings (SSSR count). The van der Waals surface area contributed by atoms with Crippen molar-refractivity contribution in [3.05, 3.63) is 66.0 Å². The number of benzene rings is 2. The molecule has 0 aliphatic heterocycles. The first kappa shape index (κ1) is 28.3. The second-order valence-electron chi connectivity index (χ2n) is 8.73. The molecule has 2 atom stereocenters. The number of carbonyl (C=O) groups is 2. The summed E-state index contributed by atoms with van der Waals surface area (Å²) in [5.41, 5.74) is 1.39. The molecule has 0 fully saturated rings. The molecule has 2 aromatic rings. The molecular formula is C26H36FN3O4S. The first-order valence-electron chi connectivity index (χ1n) is 11.9. The van der Waals surface area contributed by atoms with Crippen LogP contribution in [0.3, 0.4) is 0 Å². The van der Waals surface area contributed by atoms with E-state index >= 15 is 0 Å². The maximum absolute atomic E-state index is 13.3. The van der Waals surface area contributed by atoms with Gasteiger partial charge in [-0.25, -0.2) is 12.8 Å². The van der Waals surface area contributed by atoms with Crippen LogP contribution in [-0.2, 0) is 26.0 Å². The number of hydrogen-bond donors (Lipinski definition) is 1. The minimum atomic E-state index is -3.62. The van der Waals surface area contributed by atoms with E-state index in [-0.39, 0.29) is 37.2 Å². The Bertz CT molecular complexity index is 1060. The van der Waals surface area contributed by atoms with Gasteiger partial charge in [-0.15, -0.1) is 0 Å². The van der Waals surface area contributed by atoms with E-state index in [4.69, 9.17) is 0 Å². The Morgan fingerprint density at radius 1 is 1.00 bits per heavy atom. The van der Waals surface area contributed by atoms with E-state index in [0.717, 1.165) is 22.5 Å². The molecule has 0 aliphatic rings. The number of amides is 2. The van der Waals surface area contributed by atoms with E-state index in [1.807, 2.05) is 44.2 Å². The van der Waals surface area contributed by atoms with Crippen molar-refractivity contribution in [1.82, 2.24) is 10.2 Å². The SMILES string of the molecule is CC[C@@H](C)NC(=O)[C@H](C)N(CCc1ccccc1)C(=O)CCCN(c1ccc(F)cc1)S(C)(=O)=O. The summed E-state index contributed by atoms with van der Waals surface area (Å²) in [6.45, 7) is 6.03. The van der Waals surface area contributed by atoms with Crippen molar-refractivity contribution in [2.24, 2.45) is 0 Å². The number of carbonyl (C=O) groups excluding carboxylic acids is 2. The highest BCUT2D eigenvalue weighted by Gasteiger charge is 2.26. The molecule has 2 aromatic carbocycles. The maximum Gasteiger partial charge on any atom is 0.242 e. The van der Waals surface area contributed by atoms with Gasteiger partial charge >= 0.3 is 0 Å². The summed E-state index contributed by atoms with van der Waals surface area (Å²) < 4.78 is 39.0. The zero-order valence-corrected chi connectivity index (χ0v) is 21.7. The third kappa shape index (κ3) is 8.98. The van der Waals surface area contributed by atoms with Gasteiger partial charge in [0, 0.05) is 25.6 Å². The van der Waals surface area contributed by atoms with Gasteiger partial charge in [0.2, 0.25) is 21.8 Å². The Morgan fingerprint density at radius 3 is 2.20 bits per heavy atom. The average Bonchev–Trinajstić information content (AvgIpc) is 2.82. The van der Waals surface area contributed by atoms with E-state index in [0.29, 0.717) is 18.7 Å². The first-order chi connectivity index (χ1) is 16.5. The van der Waals surface area contributed by atoms with Crippen molar-refractivity contribution in [3.8, 4) is 0 Å². The third-order valence-corrected chi connectivity index (χ3v) is 7.11. The number of nitrogens with zero attached hydrogens (tertiary/aromatic N) is 2. The molecule has 2 amide bonds. The van der Waals surface area contributed by atoms with E-state index in [1.165, 1.54) is 24.3 Å². The second kappa shape index (κ2) is 13.2. The molecule has 0 aliphatic carbocycles. The number of anilines is 1. The Morgan fingerprint density at radius 2 is 1.63 bits per heavy atom. The van der Waals surface area contributed by atoms with Crippen LogP contribution in [0.5, 0.6) is 0 Å². The third-order valence-electron chi connectivity index (χ3n) is 5.92. The molecule has 0 saturated heterocycles. The van der Waals surface area contributed by atoms with Gasteiger partial charge < -0.3 is 10.2 Å². The molecule has 0 heterocycles. The first-order valence-corrected chi connectivity index (χ1v) is 13.7. The lowest BCUT2D eigenvalue weighted by Gasteiger charge is -2.30. The fourth-order valence-electron chi connectivity index (χ4n) is 3.65. The summed E-state index contributed by atoms with van der Waals surface area (Å²) in [7, 11) is -3.62. The Balaban J connectivity index is 2.10. The van der Waals surface area contributed by atoms with Crippen LogP contribution in [0.2, 0.25) is 0 Å². The van der Waals surface area contributed by atoms with Crippen molar-refractivity contribution in [1.29, 1.82) is 0 Å².